The largest absolute Gasteiger partial charge is 0.481 e. The molecule has 0 bridgehead atoms. The van der Waals surface area contributed by atoms with Crippen molar-refractivity contribution in [3.8, 4) is 11.5 Å². The molecule has 2 heterocycles. The Morgan fingerprint density at radius 2 is 1.92 bits per heavy atom. The van der Waals surface area contributed by atoms with Crippen molar-refractivity contribution in [3.05, 3.63) is 23.8 Å². The molecule has 1 saturated heterocycles. The van der Waals surface area contributed by atoms with E-state index in [1.807, 2.05) is 15.9 Å². The van der Waals surface area contributed by atoms with Gasteiger partial charge in [0.05, 0.1) is 18.7 Å². The quantitative estimate of drug-likeness (QED) is 0.279. The van der Waals surface area contributed by atoms with Crippen molar-refractivity contribution in [3.63, 3.8) is 0 Å². The first-order chi connectivity index (χ1) is 17.6. The van der Waals surface area contributed by atoms with Gasteiger partial charge in [-0.25, -0.2) is 13.1 Å². The maximum atomic E-state index is 13.4. The predicted molar refractivity (Wildman–Crippen MR) is 139 cm³/mol. The summed E-state index contributed by atoms with van der Waals surface area (Å²) in [4.78, 5) is 29.7. The number of carbonyl (C=O) groups is 2. The number of rotatable bonds is 15. The molecule has 2 aliphatic rings. The number of hydrogen-bond acceptors (Lipinski definition) is 8. The minimum Gasteiger partial charge on any atom is -0.481 e. The molecule has 0 aromatic heterocycles. The summed E-state index contributed by atoms with van der Waals surface area (Å²) in [5, 5.41) is 10.3. The van der Waals surface area contributed by atoms with Gasteiger partial charge in [0.1, 0.15) is 0 Å². The fourth-order valence-electron chi connectivity index (χ4n) is 5.16. The zero-order chi connectivity index (χ0) is 27.0. The number of nitrogens with zero attached hydrogens (tertiary/aromatic N) is 2. The van der Waals surface area contributed by atoms with Crippen molar-refractivity contribution in [2.45, 2.75) is 51.0 Å². The van der Waals surface area contributed by atoms with Crippen molar-refractivity contribution in [1.82, 2.24) is 14.5 Å². The zero-order valence-electron chi connectivity index (χ0n) is 21.7. The predicted octanol–water partition coefficient (Wildman–Crippen LogP) is 1.19. The Labute approximate surface area is 219 Å². The normalized spacial score (nSPS) is 21.3. The van der Waals surface area contributed by atoms with Crippen LogP contribution in [0.3, 0.4) is 0 Å². The Morgan fingerprint density at radius 3 is 2.59 bits per heavy atom. The average Bonchev–Trinajstić information content (AvgIpc) is 3.44. The van der Waals surface area contributed by atoms with Crippen molar-refractivity contribution in [1.29, 1.82) is 0 Å². The summed E-state index contributed by atoms with van der Waals surface area (Å²) in [6.07, 6.45) is 4.81. The van der Waals surface area contributed by atoms with Gasteiger partial charge < -0.3 is 25.2 Å². The second kappa shape index (κ2) is 13.4. The standard InChI is InChI=1S/C25H40N4O7S/c1-3-4-12-28(13-6-5-10-26)23(30)16-29-15-19(18-7-8-21-22(14-18)36-17-35-21)24(25(31)32)20(29)9-11-27-37(2,33)34/h7-8,14,19-20,24,27H,3-6,9-13,15-17,26H2,1-2H3,(H,31,32). The molecule has 3 rings (SSSR count). The highest BCUT2D eigenvalue weighted by molar-refractivity contribution is 7.88. The van der Waals surface area contributed by atoms with Crippen molar-refractivity contribution >= 4 is 21.9 Å². The van der Waals surface area contributed by atoms with Gasteiger partial charge >= 0.3 is 5.97 Å². The lowest BCUT2D eigenvalue weighted by molar-refractivity contribution is -0.143. The van der Waals surface area contributed by atoms with Crippen molar-refractivity contribution in [2.75, 3.05) is 52.3 Å². The summed E-state index contributed by atoms with van der Waals surface area (Å²) >= 11 is 0. The van der Waals surface area contributed by atoms with Crippen LogP contribution in [0.5, 0.6) is 11.5 Å². The smallest absolute Gasteiger partial charge is 0.308 e. The fourth-order valence-corrected chi connectivity index (χ4v) is 5.65. The third-order valence-electron chi connectivity index (χ3n) is 7.02. The van der Waals surface area contributed by atoms with Crippen LogP contribution in [0, 0.1) is 5.92 Å². The van der Waals surface area contributed by atoms with Gasteiger partial charge in [0.25, 0.3) is 0 Å². The number of nitrogens with one attached hydrogen (secondary N) is 1. The van der Waals surface area contributed by atoms with Gasteiger partial charge in [0, 0.05) is 38.1 Å². The molecule has 2 aliphatic heterocycles. The van der Waals surface area contributed by atoms with Crippen LogP contribution in [0.2, 0.25) is 0 Å². The number of fused-ring (bicyclic) bond motifs is 1. The van der Waals surface area contributed by atoms with E-state index in [1.54, 1.807) is 12.1 Å². The molecule has 1 aromatic carbocycles. The topological polar surface area (TPSA) is 152 Å². The molecule has 0 aliphatic carbocycles. The number of likely N-dealkylation sites (tertiary alicyclic amines) is 1. The molecule has 11 nitrogen and oxygen atoms in total. The van der Waals surface area contributed by atoms with Gasteiger partial charge in [-0.3, -0.25) is 14.5 Å². The lowest BCUT2D eigenvalue weighted by Gasteiger charge is -2.29. The van der Waals surface area contributed by atoms with E-state index < -0.39 is 33.9 Å². The lowest BCUT2D eigenvalue weighted by Crippen LogP contribution is -2.45. The van der Waals surface area contributed by atoms with Gasteiger partial charge in [0.2, 0.25) is 22.7 Å². The maximum Gasteiger partial charge on any atom is 0.308 e. The molecule has 4 N–H and O–H groups in total. The van der Waals surface area contributed by atoms with Gasteiger partial charge in [-0.1, -0.05) is 19.4 Å². The van der Waals surface area contributed by atoms with E-state index in [9.17, 15) is 23.1 Å². The molecule has 0 spiro atoms. The second-order valence-corrected chi connectivity index (χ2v) is 11.6. The molecule has 1 amide bonds. The maximum absolute atomic E-state index is 13.4. The zero-order valence-corrected chi connectivity index (χ0v) is 22.5. The number of hydrogen-bond donors (Lipinski definition) is 3. The molecule has 3 atom stereocenters. The number of carboxylic acids is 1. The molecule has 37 heavy (non-hydrogen) atoms. The number of amides is 1. The molecule has 1 aromatic rings. The van der Waals surface area contributed by atoms with E-state index >= 15 is 0 Å². The van der Waals surface area contributed by atoms with E-state index in [4.69, 9.17) is 15.2 Å². The first-order valence-electron chi connectivity index (χ1n) is 12.9. The number of aliphatic carboxylic acids is 1. The van der Waals surface area contributed by atoms with Gasteiger partial charge in [-0.05, 0) is 49.9 Å². The number of carboxylic acid groups (broad SMARTS) is 1. The number of nitrogens with two attached hydrogens (primary N) is 1. The van der Waals surface area contributed by atoms with Crippen LogP contribution in [-0.2, 0) is 19.6 Å². The van der Waals surface area contributed by atoms with Gasteiger partial charge in [-0.15, -0.1) is 0 Å². The Bertz CT molecular complexity index is 1040. The van der Waals surface area contributed by atoms with Crippen LogP contribution < -0.4 is 19.9 Å². The Kier molecular flexibility index (Phi) is 10.6. The second-order valence-electron chi connectivity index (χ2n) is 9.77. The van der Waals surface area contributed by atoms with Crippen LogP contribution in [0.15, 0.2) is 18.2 Å². The minimum atomic E-state index is -3.43. The van der Waals surface area contributed by atoms with E-state index in [-0.39, 0.29) is 32.2 Å². The van der Waals surface area contributed by atoms with Crippen molar-refractivity contribution < 1.29 is 32.6 Å². The summed E-state index contributed by atoms with van der Waals surface area (Å²) in [7, 11) is -3.43. The highest BCUT2D eigenvalue weighted by Gasteiger charge is 2.47. The fraction of sp³-hybridized carbons (Fsp3) is 0.680. The highest BCUT2D eigenvalue weighted by Crippen LogP contribution is 2.42. The molecular formula is C25H40N4O7S. The van der Waals surface area contributed by atoms with Crippen molar-refractivity contribution in [2.24, 2.45) is 11.7 Å². The molecule has 12 heteroatoms. The molecule has 0 radical (unpaired) electrons. The summed E-state index contributed by atoms with van der Waals surface area (Å²) in [5.74, 6) is -1.08. The van der Waals surface area contributed by atoms with E-state index in [1.165, 1.54) is 0 Å². The molecule has 0 saturated carbocycles. The van der Waals surface area contributed by atoms with Crippen LogP contribution in [0.25, 0.3) is 0 Å². The molecule has 3 unspecified atom stereocenters. The Morgan fingerprint density at radius 1 is 1.19 bits per heavy atom. The van der Waals surface area contributed by atoms with Gasteiger partial charge in [-0.2, -0.15) is 0 Å². The number of sulfonamides is 1. The van der Waals surface area contributed by atoms with E-state index in [0.717, 1.165) is 37.5 Å². The summed E-state index contributed by atoms with van der Waals surface area (Å²) in [6, 6.07) is 4.89. The summed E-state index contributed by atoms with van der Waals surface area (Å²) in [5.41, 5.74) is 6.42. The minimum absolute atomic E-state index is 0.0537. The van der Waals surface area contributed by atoms with Gasteiger partial charge in [0.15, 0.2) is 11.5 Å². The molecular weight excluding hydrogens is 500 g/mol. The van der Waals surface area contributed by atoms with E-state index in [2.05, 4.69) is 11.6 Å². The summed E-state index contributed by atoms with van der Waals surface area (Å²) < 4.78 is 36.7. The Balaban J connectivity index is 1.84. The van der Waals surface area contributed by atoms with Crippen LogP contribution in [0.1, 0.15) is 50.5 Å². The van der Waals surface area contributed by atoms with E-state index in [0.29, 0.717) is 37.7 Å². The number of ether oxygens (including phenoxy) is 2. The van der Waals surface area contributed by atoms with Crippen LogP contribution in [0.4, 0.5) is 0 Å². The third-order valence-corrected chi connectivity index (χ3v) is 7.75. The molecule has 208 valence electrons. The SMILES string of the molecule is CCCCN(CCCCN)C(=O)CN1CC(c2ccc3c(c2)OCO3)C(C(=O)O)C1CCNS(C)(=O)=O. The summed E-state index contributed by atoms with van der Waals surface area (Å²) in [6.45, 7) is 4.51. The highest BCUT2D eigenvalue weighted by atomic mass is 32.2. The first-order valence-corrected chi connectivity index (χ1v) is 14.8. The van der Waals surface area contributed by atoms with Crippen LogP contribution >= 0.6 is 0 Å². The monoisotopic (exact) mass is 540 g/mol. The third kappa shape index (κ3) is 8.03. The van der Waals surface area contributed by atoms with Crippen LogP contribution in [-0.4, -0.2) is 93.6 Å². The number of unbranched alkanes of at least 4 members (excludes halogenated alkanes) is 2. The average molecular weight is 541 g/mol. The Hall–Kier alpha value is -2.41. The lowest BCUT2D eigenvalue weighted by atomic mass is 9.84. The number of benzene rings is 1. The molecule has 1 fully saturated rings. The first kappa shape index (κ1) is 29.2. The number of carbonyl (C=O) groups excluding carboxylic acids is 1.